The number of hydrogen-bond acceptors (Lipinski definition) is 6. The number of amides is 1. The molecule has 5 rings (SSSR count). The molecule has 0 radical (unpaired) electrons. The van der Waals surface area contributed by atoms with Crippen LogP contribution in [0.5, 0.6) is 0 Å². The first-order valence-corrected chi connectivity index (χ1v) is 10.7. The van der Waals surface area contributed by atoms with Crippen LogP contribution in [0.4, 0.5) is 5.13 Å². The molecule has 0 aliphatic carbocycles. The molecule has 1 amide bonds. The molecule has 2 aromatic carbocycles. The molecule has 1 unspecified atom stereocenters. The number of anilines is 1. The molecule has 1 aliphatic heterocycles. The van der Waals surface area contributed by atoms with Gasteiger partial charge in [-0.15, -0.1) is 0 Å². The van der Waals surface area contributed by atoms with Crippen molar-refractivity contribution >= 4 is 50.7 Å². The van der Waals surface area contributed by atoms with Crippen LogP contribution in [0.3, 0.4) is 0 Å². The third-order valence-electron chi connectivity index (χ3n) is 5.25. The van der Waals surface area contributed by atoms with Gasteiger partial charge in [-0.05, 0) is 36.8 Å². The van der Waals surface area contributed by atoms with Gasteiger partial charge in [0.1, 0.15) is 5.58 Å². The van der Waals surface area contributed by atoms with Crippen LogP contribution in [0.15, 0.2) is 57.7 Å². The first-order chi connectivity index (χ1) is 14.9. The van der Waals surface area contributed by atoms with Gasteiger partial charge in [0.2, 0.25) is 5.76 Å². The molecule has 154 valence electrons. The number of halogens is 1. The Kier molecular flexibility index (Phi) is 4.53. The second kappa shape index (κ2) is 7.14. The second-order valence-electron chi connectivity index (χ2n) is 7.27. The lowest BCUT2D eigenvalue weighted by molar-refractivity contribution is 0.0969. The summed E-state index contributed by atoms with van der Waals surface area (Å²) in [4.78, 5) is 45.3. The van der Waals surface area contributed by atoms with E-state index in [-0.39, 0.29) is 22.5 Å². The van der Waals surface area contributed by atoms with E-state index in [9.17, 15) is 14.4 Å². The van der Waals surface area contributed by atoms with Gasteiger partial charge in [0, 0.05) is 11.9 Å². The summed E-state index contributed by atoms with van der Waals surface area (Å²) in [7, 11) is 0. The molecule has 31 heavy (non-hydrogen) atoms. The minimum Gasteiger partial charge on any atom is -0.450 e. The molecule has 1 atom stereocenters. The van der Waals surface area contributed by atoms with Gasteiger partial charge in [0.05, 0.1) is 27.6 Å². The van der Waals surface area contributed by atoms with E-state index in [2.05, 4.69) is 4.98 Å². The number of aromatic nitrogens is 1. The van der Waals surface area contributed by atoms with E-state index in [0.29, 0.717) is 37.3 Å². The largest absolute Gasteiger partial charge is 0.450 e. The number of rotatable bonds is 3. The maximum Gasteiger partial charge on any atom is 0.297 e. The topological polar surface area (TPSA) is 80.5 Å². The highest BCUT2D eigenvalue weighted by atomic mass is 35.5. The van der Waals surface area contributed by atoms with E-state index in [1.54, 1.807) is 55.5 Å². The van der Waals surface area contributed by atoms with E-state index in [0.717, 1.165) is 11.3 Å². The fourth-order valence-electron chi connectivity index (χ4n) is 3.92. The number of hydrogen-bond donors (Lipinski definition) is 0. The number of Topliss-reactive ketones (excluding diaryl/α,β-unsaturated/α-hetero) is 1. The van der Waals surface area contributed by atoms with E-state index in [1.807, 2.05) is 0 Å². The van der Waals surface area contributed by atoms with Crippen LogP contribution in [0.1, 0.15) is 50.0 Å². The molecule has 0 bridgehead atoms. The third-order valence-corrected chi connectivity index (χ3v) is 6.75. The lowest BCUT2D eigenvalue weighted by Gasteiger charge is -2.22. The summed E-state index contributed by atoms with van der Waals surface area (Å²) >= 11 is 7.34. The Bertz CT molecular complexity index is 1460. The van der Waals surface area contributed by atoms with Gasteiger partial charge in [-0.25, -0.2) is 4.98 Å². The van der Waals surface area contributed by atoms with Crippen molar-refractivity contribution in [2.45, 2.75) is 19.9 Å². The smallest absolute Gasteiger partial charge is 0.297 e. The predicted octanol–water partition coefficient (Wildman–Crippen LogP) is 5.16. The minimum absolute atomic E-state index is 0.0223. The van der Waals surface area contributed by atoms with Crippen molar-refractivity contribution in [3.05, 3.63) is 91.2 Å². The highest BCUT2D eigenvalue weighted by Crippen LogP contribution is 2.43. The highest BCUT2D eigenvalue weighted by Gasteiger charge is 2.45. The first kappa shape index (κ1) is 19.7. The van der Waals surface area contributed by atoms with Gasteiger partial charge >= 0.3 is 0 Å². The van der Waals surface area contributed by atoms with Crippen molar-refractivity contribution in [2.24, 2.45) is 0 Å². The van der Waals surface area contributed by atoms with Gasteiger partial charge in [0.15, 0.2) is 16.3 Å². The molecule has 8 heteroatoms. The Morgan fingerprint density at radius 3 is 2.65 bits per heavy atom. The zero-order valence-electron chi connectivity index (χ0n) is 16.5. The number of aryl methyl sites for hydroxylation is 1. The molecule has 0 N–H and O–H groups in total. The molecule has 2 aromatic heterocycles. The lowest BCUT2D eigenvalue weighted by atomic mass is 9.99. The lowest BCUT2D eigenvalue weighted by Crippen LogP contribution is -2.29. The standard InChI is InChI=1S/C23H15ClN2O4S/c1-11-21(12(2)27)31-23(25-11)26-18(13-6-5-7-14(24)10-13)17-19(28)15-8-3-4-9-16(15)30-20(17)22(26)29/h3-10,18H,1-2H3. The molecule has 3 heterocycles. The molecule has 6 nitrogen and oxygen atoms in total. The number of benzene rings is 2. The molecule has 0 spiro atoms. The molecular weight excluding hydrogens is 436 g/mol. The van der Waals surface area contributed by atoms with E-state index >= 15 is 0 Å². The maximum atomic E-state index is 13.5. The molecule has 0 fully saturated rings. The van der Waals surface area contributed by atoms with Crippen molar-refractivity contribution in [1.29, 1.82) is 0 Å². The monoisotopic (exact) mass is 450 g/mol. The Labute approximate surface area is 185 Å². The van der Waals surface area contributed by atoms with Crippen LogP contribution < -0.4 is 10.3 Å². The summed E-state index contributed by atoms with van der Waals surface area (Å²) in [5, 5.41) is 1.19. The number of ketones is 1. The number of nitrogens with zero attached hydrogens (tertiary/aromatic N) is 2. The fraction of sp³-hybridized carbons (Fsp3) is 0.130. The predicted molar refractivity (Wildman–Crippen MR) is 119 cm³/mol. The van der Waals surface area contributed by atoms with Crippen molar-refractivity contribution in [3.8, 4) is 0 Å². The van der Waals surface area contributed by atoms with E-state index < -0.39 is 11.9 Å². The van der Waals surface area contributed by atoms with Crippen LogP contribution in [0, 0.1) is 6.92 Å². The number of thiazole rings is 1. The van der Waals surface area contributed by atoms with Crippen LogP contribution in [0.25, 0.3) is 11.0 Å². The van der Waals surface area contributed by atoms with Crippen molar-refractivity contribution < 1.29 is 14.0 Å². The molecule has 0 saturated carbocycles. The summed E-state index contributed by atoms with van der Waals surface area (Å²) in [6.07, 6.45) is 0. The SMILES string of the molecule is CC(=O)c1sc(N2C(=O)c3oc4ccccc4c(=O)c3C2c2cccc(Cl)c2)nc1C. The zero-order chi connectivity index (χ0) is 21.9. The van der Waals surface area contributed by atoms with Crippen molar-refractivity contribution in [2.75, 3.05) is 4.90 Å². The van der Waals surface area contributed by atoms with Gasteiger partial charge < -0.3 is 4.42 Å². The zero-order valence-corrected chi connectivity index (χ0v) is 18.1. The van der Waals surface area contributed by atoms with E-state index in [1.165, 1.54) is 11.8 Å². The van der Waals surface area contributed by atoms with Crippen LogP contribution >= 0.6 is 22.9 Å². The van der Waals surface area contributed by atoms with Gasteiger partial charge in [-0.1, -0.05) is 47.2 Å². The average Bonchev–Trinajstić information content (AvgIpc) is 3.26. The Morgan fingerprint density at radius 1 is 1.16 bits per heavy atom. The Hall–Kier alpha value is -3.29. The highest BCUT2D eigenvalue weighted by molar-refractivity contribution is 7.17. The second-order valence-corrected chi connectivity index (χ2v) is 8.68. The molecular formula is C23H15ClN2O4S. The summed E-state index contributed by atoms with van der Waals surface area (Å²) < 4.78 is 5.90. The normalized spacial score (nSPS) is 15.5. The molecule has 4 aromatic rings. The van der Waals surface area contributed by atoms with E-state index in [4.69, 9.17) is 16.0 Å². The molecule has 0 saturated heterocycles. The Morgan fingerprint density at radius 2 is 1.94 bits per heavy atom. The molecule has 1 aliphatic rings. The first-order valence-electron chi connectivity index (χ1n) is 9.50. The number of para-hydroxylation sites is 1. The average molecular weight is 451 g/mol. The number of carbonyl (C=O) groups is 2. The number of carbonyl (C=O) groups excluding carboxylic acids is 2. The van der Waals surface area contributed by atoms with Gasteiger partial charge in [-0.2, -0.15) is 0 Å². The third kappa shape index (κ3) is 3.00. The van der Waals surface area contributed by atoms with Crippen LogP contribution in [-0.2, 0) is 0 Å². The minimum atomic E-state index is -0.771. The fourth-order valence-corrected chi connectivity index (χ4v) is 5.11. The summed E-state index contributed by atoms with van der Waals surface area (Å²) in [6, 6.07) is 13.0. The van der Waals surface area contributed by atoms with Gasteiger partial charge in [-0.3, -0.25) is 19.3 Å². The van der Waals surface area contributed by atoms with Crippen molar-refractivity contribution in [1.82, 2.24) is 4.98 Å². The van der Waals surface area contributed by atoms with Crippen LogP contribution in [-0.4, -0.2) is 16.7 Å². The van der Waals surface area contributed by atoms with Gasteiger partial charge in [0.25, 0.3) is 5.91 Å². The summed E-state index contributed by atoms with van der Waals surface area (Å²) in [6.45, 7) is 3.17. The summed E-state index contributed by atoms with van der Waals surface area (Å²) in [5.41, 5.74) is 1.48. The maximum absolute atomic E-state index is 13.5. The van der Waals surface area contributed by atoms with Crippen molar-refractivity contribution in [3.63, 3.8) is 0 Å². The van der Waals surface area contributed by atoms with Crippen LogP contribution in [0.2, 0.25) is 5.02 Å². The quantitative estimate of drug-likeness (QED) is 0.402. The number of fused-ring (bicyclic) bond motifs is 2. The Balaban J connectivity index is 1.81. The summed E-state index contributed by atoms with van der Waals surface area (Å²) in [5.74, 6) is -0.637.